The summed E-state index contributed by atoms with van der Waals surface area (Å²) in [5.41, 5.74) is 3.75. The Labute approximate surface area is 180 Å². The van der Waals surface area contributed by atoms with Crippen molar-refractivity contribution in [1.29, 1.82) is 0 Å². The lowest BCUT2D eigenvalue weighted by Gasteiger charge is -2.12. The maximum atomic E-state index is 8.90. The first-order valence-electron chi connectivity index (χ1n) is 10.2. The average molecular weight is 422 g/mol. The monoisotopic (exact) mass is 421 g/mol. The molecule has 162 valence electrons. The zero-order valence-corrected chi connectivity index (χ0v) is 17.9. The molecule has 2 aromatic heterocycles. The molecule has 4 rings (SSSR count). The number of rotatable bonds is 8. The summed E-state index contributed by atoms with van der Waals surface area (Å²) in [6.45, 7) is 7.04. The molecule has 0 saturated heterocycles. The summed E-state index contributed by atoms with van der Waals surface area (Å²) in [5, 5.41) is 19.5. The third kappa shape index (κ3) is 4.80. The Morgan fingerprint density at radius 2 is 1.87 bits per heavy atom. The number of benzene rings is 2. The molecule has 0 fully saturated rings. The third-order valence-corrected chi connectivity index (χ3v) is 4.84. The maximum Gasteiger partial charge on any atom is 0.171 e. The van der Waals surface area contributed by atoms with Crippen molar-refractivity contribution in [2.45, 2.75) is 26.2 Å². The lowest BCUT2D eigenvalue weighted by molar-refractivity contribution is 0.201. The molecule has 0 bridgehead atoms. The quantitative estimate of drug-likeness (QED) is 0.368. The molecular weight excluding hydrogens is 394 g/mol. The van der Waals surface area contributed by atoms with Crippen LogP contribution in [0.2, 0.25) is 0 Å². The molecule has 0 aliphatic rings. The maximum absolute atomic E-state index is 8.90. The van der Waals surface area contributed by atoms with E-state index in [1.54, 1.807) is 6.33 Å². The lowest BCUT2D eigenvalue weighted by atomic mass is 9.93. The molecule has 0 atom stereocenters. The van der Waals surface area contributed by atoms with Crippen LogP contribution in [0.3, 0.4) is 0 Å². The number of nitrogens with one attached hydrogen (secondary N) is 2. The molecule has 8 nitrogen and oxygen atoms in total. The molecule has 0 spiro atoms. The molecule has 8 heteroatoms. The summed E-state index contributed by atoms with van der Waals surface area (Å²) in [6, 6.07) is 15.8. The Bertz CT molecular complexity index is 1140. The van der Waals surface area contributed by atoms with Crippen LogP contribution in [0.5, 0.6) is 5.75 Å². The topological polar surface area (TPSA) is 97.4 Å². The van der Waals surface area contributed by atoms with Crippen molar-refractivity contribution in [2.75, 3.05) is 30.5 Å². The van der Waals surface area contributed by atoms with Gasteiger partial charge in [-0.1, -0.05) is 25.9 Å². The Morgan fingerprint density at radius 3 is 2.58 bits per heavy atom. The zero-order valence-electron chi connectivity index (χ0n) is 17.9. The van der Waals surface area contributed by atoms with Gasteiger partial charge in [0.25, 0.3) is 0 Å². The Balaban J connectivity index is 1.38. The van der Waals surface area contributed by atoms with Gasteiger partial charge in [0.2, 0.25) is 0 Å². The Morgan fingerprint density at radius 1 is 1.06 bits per heavy atom. The highest BCUT2D eigenvalue weighted by Gasteiger charge is 2.19. The van der Waals surface area contributed by atoms with Crippen LogP contribution in [0.25, 0.3) is 16.7 Å². The van der Waals surface area contributed by atoms with Crippen molar-refractivity contribution in [3.63, 3.8) is 0 Å². The number of hydrogen-bond donors (Lipinski definition) is 3. The van der Waals surface area contributed by atoms with Gasteiger partial charge in [-0.25, -0.2) is 4.98 Å². The summed E-state index contributed by atoms with van der Waals surface area (Å²) >= 11 is 0. The van der Waals surface area contributed by atoms with Crippen molar-refractivity contribution in [3.8, 4) is 11.4 Å². The van der Waals surface area contributed by atoms with E-state index >= 15 is 0 Å². The second-order valence-corrected chi connectivity index (χ2v) is 8.24. The summed E-state index contributed by atoms with van der Waals surface area (Å²) in [4.78, 5) is 4.47. The second-order valence-electron chi connectivity index (χ2n) is 8.24. The highest BCUT2D eigenvalue weighted by Crippen LogP contribution is 2.25. The summed E-state index contributed by atoms with van der Waals surface area (Å²) in [5.74, 6) is 2.25. The van der Waals surface area contributed by atoms with E-state index in [0.717, 1.165) is 28.2 Å². The molecule has 0 radical (unpaired) electrons. The molecule has 2 aromatic carbocycles. The first-order valence-corrected chi connectivity index (χ1v) is 10.2. The van der Waals surface area contributed by atoms with Gasteiger partial charge in [0.05, 0.1) is 24.3 Å². The zero-order chi connectivity index (χ0) is 21.8. The van der Waals surface area contributed by atoms with Crippen LogP contribution in [-0.4, -0.2) is 39.7 Å². The van der Waals surface area contributed by atoms with E-state index in [1.165, 1.54) is 0 Å². The van der Waals surface area contributed by atoms with E-state index in [4.69, 9.17) is 14.4 Å². The van der Waals surface area contributed by atoms with E-state index in [0.29, 0.717) is 18.2 Å². The number of imidazole rings is 1. The third-order valence-electron chi connectivity index (χ3n) is 4.84. The van der Waals surface area contributed by atoms with E-state index in [1.807, 2.05) is 53.1 Å². The van der Waals surface area contributed by atoms with Crippen LogP contribution < -0.4 is 15.4 Å². The number of nitrogens with zero attached hydrogens (tertiary/aromatic N) is 3. The standard InChI is InChI=1S/C23H27N5O3/c1-23(2,3)21-13-22(27-31-21)25-14-24-16-4-6-17(7-5-16)28-15-26-19-12-18(30-11-10-29)8-9-20(19)28/h4-9,12-13,15,24,29H,10-11,14H2,1-3H3,(H,25,27). The molecule has 0 amide bonds. The van der Waals surface area contributed by atoms with Gasteiger partial charge in [-0.15, -0.1) is 0 Å². The van der Waals surface area contributed by atoms with Crippen LogP contribution >= 0.6 is 0 Å². The van der Waals surface area contributed by atoms with Crippen molar-refractivity contribution in [3.05, 3.63) is 60.6 Å². The molecular formula is C23H27N5O3. The normalized spacial score (nSPS) is 11.6. The number of aliphatic hydroxyl groups is 1. The Hall–Kier alpha value is -3.52. The van der Waals surface area contributed by atoms with Gasteiger partial charge in [0, 0.05) is 28.9 Å². The van der Waals surface area contributed by atoms with E-state index in [2.05, 4.69) is 41.5 Å². The first kappa shape index (κ1) is 20.7. The summed E-state index contributed by atoms with van der Waals surface area (Å²) < 4.78 is 12.9. The number of anilines is 2. The number of hydrogen-bond acceptors (Lipinski definition) is 7. The predicted octanol–water partition coefficient (Wildman–Crippen LogP) is 4.16. The SMILES string of the molecule is CC(C)(C)c1cc(NCNc2ccc(-n3cnc4cc(OCCO)ccc43)cc2)no1. The minimum atomic E-state index is -0.0678. The molecule has 0 aliphatic heterocycles. The van der Waals surface area contributed by atoms with Crippen LogP contribution in [0.15, 0.2) is 59.4 Å². The summed E-state index contributed by atoms with van der Waals surface area (Å²) in [6.07, 6.45) is 1.79. The van der Waals surface area contributed by atoms with Gasteiger partial charge < -0.3 is 25.0 Å². The molecule has 31 heavy (non-hydrogen) atoms. The number of ether oxygens (including phenoxy) is 1. The van der Waals surface area contributed by atoms with E-state index in [9.17, 15) is 0 Å². The predicted molar refractivity (Wildman–Crippen MR) is 121 cm³/mol. The van der Waals surface area contributed by atoms with Gasteiger partial charge in [0.1, 0.15) is 24.4 Å². The number of fused-ring (bicyclic) bond motifs is 1. The van der Waals surface area contributed by atoms with E-state index < -0.39 is 0 Å². The minimum Gasteiger partial charge on any atom is -0.491 e. The van der Waals surface area contributed by atoms with Crippen molar-refractivity contribution >= 4 is 22.5 Å². The van der Waals surface area contributed by atoms with Crippen LogP contribution in [-0.2, 0) is 5.41 Å². The van der Waals surface area contributed by atoms with Crippen molar-refractivity contribution in [2.24, 2.45) is 0 Å². The Kier molecular flexibility index (Phi) is 5.81. The summed E-state index contributed by atoms with van der Waals surface area (Å²) in [7, 11) is 0. The van der Waals surface area contributed by atoms with Gasteiger partial charge in [0.15, 0.2) is 5.82 Å². The molecule has 0 unspecified atom stereocenters. The van der Waals surface area contributed by atoms with Crippen LogP contribution in [0.4, 0.5) is 11.5 Å². The van der Waals surface area contributed by atoms with E-state index in [-0.39, 0.29) is 18.6 Å². The highest BCUT2D eigenvalue weighted by molar-refractivity contribution is 5.79. The average Bonchev–Trinajstić information content (AvgIpc) is 3.40. The largest absolute Gasteiger partial charge is 0.491 e. The van der Waals surface area contributed by atoms with Crippen LogP contribution in [0.1, 0.15) is 26.5 Å². The molecule has 3 N–H and O–H groups in total. The fraction of sp³-hybridized carbons (Fsp3) is 0.304. The van der Waals surface area contributed by atoms with Crippen LogP contribution in [0, 0.1) is 0 Å². The number of aliphatic hydroxyl groups excluding tert-OH is 1. The fourth-order valence-electron chi connectivity index (χ4n) is 3.14. The number of aromatic nitrogens is 3. The molecule has 0 saturated carbocycles. The second kappa shape index (κ2) is 8.69. The highest BCUT2D eigenvalue weighted by atomic mass is 16.5. The van der Waals surface area contributed by atoms with Crippen molar-refractivity contribution < 1.29 is 14.4 Å². The van der Waals surface area contributed by atoms with Gasteiger partial charge in [-0.05, 0) is 36.4 Å². The molecule has 0 aliphatic carbocycles. The molecule has 2 heterocycles. The van der Waals surface area contributed by atoms with Gasteiger partial charge in [-0.2, -0.15) is 0 Å². The first-order chi connectivity index (χ1) is 14.9. The fourth-order valence-corrected chi connectivity index (χ4v) is 3.14. The molecule has 4 aromatic rings. The minimum absolute atomic E-state index is 0.0150. The van der Waals surface area contributed by atoms with Gasteiger partial charge >= 0.3 is 0 Å². The lowest BCUT2D eigenvalue weighted by Crippen LogP contribution is -2.12. The van der Waals surface area contributed by atoms with Crippen molar-refractivity contribution in [1.82, 2.24) is 14.7 Å². The smallest absolute Gasteiger partial charge is 0.171 e. The van der Waals surface area contributed by atoms with Gasteiger partial charge in [-0.3, -0.25) is 4.57 Å².